The van der Waals surface area contributed by atoms with Gasteiger partial charge in [0.25, 0.3) is 0 Å². The van der Waals surface area contributed by atoms with Crippen molar-refractivity contribution in [2.45, 2.75) is 45.1 Å². The van der Waals surface area contributed by atoms with Gasteiger partial charge in [-0.2, -0.15) is 0 Å². The Balaban J connectivity index is 1.49. The monoisotopic (exact) mass is 331 g/mol. The van der Waals surface area contributed by atoms with E-state index in [1.165, 1.54) is 25.9 Å². The second-order valence-electron chi connectivity index (χ2n) is 6.87. The molecule has 1 unspecified atom stereocenters. The molecule has 0 saturated carbocycles. The van der Waals surface area contributed by atoms with Crippen LogP contribution in [0.4, 0.5) is 5.69 Å². The molecule has 0 spiro atoms. The Hall–Kier alpha value is -1.59. The Morgan fingerprint density at radius 3 is 2.83 bits per heavy atom. The van der Waals surface area contributed by atoms with E-state index in [0.29, 0.717) is 0 Å². The van der Waals surface area contributed by atoms with E-state index in [1.807, 2.05) is 25.1 Å². The van der Waals surface area contributed by atoms with E-state index in [9.17, 15) is 4.79 Å². The topological polar surface area (TPSA) is 53.6 Å². The standard InChI is InChI=1S/C19H29N3O2/c1-15-14-16(21-19(23)17-6-2-3-9-20-17)7-8-18(15)24-13-12-22-10-4-5-11-22/h7-8,14,17,20H,2-6,9-13H2,1H3,(H,21,23). The lowest BCUT2D eigenvalue weighted by Crippen LogP contribution is -2.43. The Morgan fingerprint density at radius 1 is 1.29 bits per heavy atom. The smallest absolute Gasteiger partial charge is 0.241 e. The summed E-state index contributed by atoms with van der Waals surface area (Å²) in [6, 6.07) is 5.82. The molecule has 1 aromatic carbocycles. The molecular formula is C19H29N3O2. The first kappa shape index (κ1) is 17.2. The third kappa shape index (κ3) is 4.71. The molecule has 2 heterocycles. The van der Waals surface area contributed by atoms with Gasteiger partial charge in [-0.3, -0.25) is 9.69 Å². The van der Waals surface area contributed by atoms with Crippen molar-refractivity contribution in [2.24, 2.45) is 0 Å². The van der Waals surface area contributed by atoms with E-state index in [2.05, 4.69) is 15.5 Å². The number of nitrogens with zero attached hydrogens (tertiary/aromatic N) is 1. The predicted octanol–water partition coefficient (Wildman–Crippen LogP) is 2.55. The average Bonchev–Trinajstić information content (AvgIpc) is 3.11. The lowest BCUT2D eigenvalue weighted by Gasteiger charge is -2.22. The Labute approximate surface area is 144 Å². The van der Waals surface area contributed by atoms with Crippen LogP contribution in [0.5, 0.6) is 5.75 Å². The molecule has 132 valence electrons. The molecule has 2 fully saturated rings. The Kier molecular flexibility index (Phi) is 6.10. The highest BCUT2D eigenvalue weighted by molar-refractivity contribution is 5.95. The Morgan fingerprint density at radius 2 is 2.12 bits per heavy atom. The molecule has 5 nitrogen and oxygen atoms in total. The maximum absolute atomic E-state index is 12.3. The van der Waals surface area contributed by atoms with Gasteiger partial charge in [0.1, 0.15) is 12.4 Å². The molecule has 2 N–H and O–H groups in total. The third-order valence-corrected chi connectivity index (χ3v) is 4.93. The summed E-state index contributed by atoms with van der Waals surface area (Å²) in [7, 11) is 0. The number of carbonyl (C=O) groups is 1. The molecule has 3 rings (SSSR count). The van der Waals surface area contributed by atoms with Crippen LogP contribution in [0.1, 0.15) is 37.7 Å². The molecule has 0 aromatic heterocycles. The van der Waals surface area contributed by atoms with Crippen LogP contribution in [0.15, 0.2) is 18.2 Å². The van der Waals surface area contributed by atoms with E-state index >= 15 is 0 Å². The van der Waals surface area contributed by atoms with Gasteiger partial charge in [0.2, 0.25) is 5.91 Å². The average molecular weight is 331 g/mol. The van der Waals surface area contributed by atoms with Crippen molar-refractivity contribution in [2.75, 3.05) is 38.1 Å². The summed E-state index contributed by atoms with van der Waals surface area (Å²) < 4.78 is 5.91. The first-order valence-electron chi connectivity index (χ1n) is 9.22. The predicted molar refractivity (Wildman–Crippen MR) is 96.6 cm³/mol. The number of amides is 1. The minimum Gasteiger partial charge on any atom is -0.492 e. The van der Waals surface area contributed by atoms with Crippen molar-refractivity contribution in [3.8, 4) is 5.75 Å². The molecule has 2 saturated heterocycles. The SMILES string of the molecule is Cc1cc(NC(=O)C2CCCCN2)ccc1OCCN1CCCC1. The number of likely N-dealkylation sites (tertiary alicyclic amines) is 1. The van der Waals surface area contributed by atoms with Gasteiger partial charge in [-0.05, 0) is 76.0 Å². The lowest BCUT2D eigenvalue weighted by molar-refractivity contribution is -0.118. The lowest BCUT2D eigenvalue weighted by atomic mass is 10.0. The molecule has 1 aromatic rings. The first-order chi connectivity index (χ1) is 11.7. The van der Waals surface area contributed by atoms with Gasteiger partial charge in [0.15, 0.2) is 0 Å². The third-order valence-electron chi connectivity index (χ3n) is 4.93. The summed E-state index contributed by atoms with van der Waals surface area (Å²) in [4.78, 5) is 14.7. The van der Waals surface area contributed by atoms with Crippen molar-refractivity contribution in [1.82, 2.24) is 10.2 Å². The van der Waals surface area contributed by atoms with Crippen LogP contribution in [0.2, 0.25) is 0 Å². The molecule has 2 aliphatic rings. The highest BCUT2D eigenvalue weighted by Crippen LogP contribution is 2.22. The number of piperidine rings is 1. The summed E-state index contributed by atoms with van der Waals surface area (Å²) in [6.07, 6.45) is 5.81. The van der Waals surface area contributed by atoms with Crippen LogP contribution in [-0.4, -0.2) is 49.6 Å². The molecular weight excluding hydrogens is 302 g/mol. The van der Waals surface area contributed by atoms with Gasteiger partial charge < -0.3 is 15.4 Å². The molecule has 2 aliphatic heterocycles. The molecule has 5 heteroatoms. The molecule has 0 aliphatic carbocycles. The number of rotatable bonds is 6. The summed E-state index contributed by atoms with van der Waals surface area (Å²) in [5.74, 6) is 0.972. The normalized spacial score (nSPS) is 21.6. The molecule has 1 atom stereocenters. The highest BCUT2D eigenvalue weighted by Gasteiger charge is 2.20. The van der Waals surface area contributed by atoms with Gasteiger partial charge in [0, 0.05) is 12.2 Å². The number of aryl methyl sites for hydroxylation is 1. The fraction of sp³-hybridized carbons (Fsp3) is 0.632. The largest absolute Gasteiger partial charge is 0.492 e. The fourth-order valence-corrected chi connectivity index (χ4v) is 3.49. The number of benzene rings is 1. The molecule has 24 heavy (non-hydrogen) atoms. The van der Waals surface area contributed by atoms with Gasteiger partial charge in [0.05, 0.1) is 6.04 Å². The summed E-state index contributed by atoms with van der Waals surface area (Å²) >= 11 is 0. The number of hydrogen-bond donors (Lipinski definition) is 2. The van der Waals surface area contributed by atoms with Crippen molar-refractivity contribution in [1.29, 1.82) is 0 Å². The highest BCUT2D eigenvalue weighted by atomic mass is 16.5. The summed E-state index contributed by atoms with van der Waals surface area (Å²) in [6.45, 7) is 7.06. The van der Waals surface area contributed by atoms with Gasteiger partial charge >= 0.3 is 0 Å². The van der Waals surface area contributed by atoms with E-state index in [-0.39, 0.29) is 11.9 Å². The minimum absolute atomic E-state index is 0.0598. The number of anilines is 1. The zero-order valence-corrected chi connectivity index (χ0v) is 14.6. The summed E-state index contributed by atoms with van der Waals surface area (Å²) in [5.41, 5.74) is 1.91. The van der Waals surface area contributed by atoms with Crippen LogP contribution in [0, 0.1) is 6.92 Å². The van der Waals surface area contributed by atoms with Crippen molar-refractivity contribution < 1.29 is 9.53 Å². The molecule has 0 bridgehead atoms. The van der Waals surface area contributed by atoms with Crippen LogP contribution in [0.25, 0.3) is 0 Å². The van der Waals surface area contributed by atoms with Crippen molar-refractivity contribution in [3.05, 3.63) is 23.8 Å². The zero-order valence-electron chi connectivity index (χ0n) is 14.6. The quantitative estimate of drug-likeness (QED) is 0.841. The second kappa shape index (κ2) is 8.49. The zero-order chi connectivity index (χ0) is 16.8. The number of carbonyl (C=O) groups excluding carboxylic acids is 1. The van der Waals surface area contributed by atoms with Crippen LogP contribution < -0.4 is 15.4 Å². The molecule has 1 amide bonds. The van der Waals surface area contributed by atoms with E-state index in [4.69, 9.17) is 4.74 Å². The van der Waals surface area contributed by atoms with E-state index in [1.54, 1.807) is 0 Å². The van der Waals surface area contributed by atoms with Crippen LogP contribution in [0.3, 0.4) is 0 Å². The minimum atomic E-state index is -0.0598. The maximum Gasteiger partial charge on any atom is 0.241 e. The summed E-state index contributed by atoms with van der Waals surface area (Å²) in [5, 5.41) is 6.29. The second-order valence-corrected chi connectivity index (χ2v) is 6.87. The van der Waals surface area contributed by atoms with Crippen LogP contribution in [-0.2, 0) is 4.79 Å². The number of hydrogen-bond acceptors (Lipinski definition) is 4. The van der Waals surface area contributed by atoms with E-state index < -0.39 is 0 Å². The first-order valence-corrected chi connectivity index (χ1v) is 9.22. The number of nitrogens with one attached hydrogen (secondary N) is 2. The van der Waals surface area contributed by atoms with Crippen molar-refractivity contribution >= 4 is 11.6 Å². The van der Waals surface area contributed by atoms with Crippen LogP contribution >= 0.6 is 0 Å². The maximum atomic E-state index is 12.3. The van der Waals surface area contributed by atoms with Gasteiger partial charge in [-0.25, -0.2) is 0 Å². The van der Waals surface area contributed by atoms with Gasteiger partial charge in [-0.15, -0.1) is 0 Å². The van der Waals surface area contributed by atoms with E-state index in [0.717, 1.165) is 56.0 Å². The molecule has 0 radical (unpaired) electrons. The fourth-order valence-electron chi connectivity index (χ4n) is 3.49. The number of ether oxygens (including phenoxy) is 1. The Bertz CT molecular complexity index is 550. The van der Waals surface area contributed by atoms with Crippen molar-refractivity contribution in [3.63, 3.8) is 0 Å². The van der Waals surface area contributed by atoms with Gasteiger partial charge in [-0.1, -0.05) is 6.42 Å².